The van der Waals surface area contributed by atoms with Crippen LogP contribution in [0, 0.1) is 7.14 Å². The second-order valence-corrected chi connectivity index (χ2v) is 19.0. The number of halogens is 2. The maximum absolute atomic E-state index is 12.7. The first kappa shape index (κ1) is 41.4. The molecule has 10 nitrogen and oxygen atoms in total. The summed E-state index contributed by atoms with van der Waals surface area (Å²) < 4.78 is 71.1. The van der Waals surface area contributed by atoms with E-state index in [0.29, 0.717) is 42.6 Å². The lowest BCUT2D eigenvalue weighted by Gasteiger charge is -2.33. The molecule has 2 aliphatic heterocycles. The number of carbonyl (C=O) groups is 1. The van der Waals surface area contributed by atoms with E-state index in [9.17, 15) is 35.8 Å². The molecule has 2 aromatic carbocycles. The van der Waals surface area contributed by atoms with Crippen molar-refractivity contribution < 1.29 is 40.4 Å². The van der Waals surface area contributed by atoms with Crippen LogP contribution in [0.2, 0.25) is 0 Å². The van der Waals surface area contributed by atoms with E-state index in [2.05, 4.69) is 88.9 Å². The van der Waals surface area contributed by atoms with E-state index in [4.69, 9.17) is 0 Å². The quantitative estimate of drug-likeness (QED) is 0.0528. The van der Waals surface area contributed by atoms with Crippen molar-refractivity contribution in [3.63, 3.8) is 0 Å². The van der Waals surface area contributed by atoms with Gasteiger partial charge in [-0.05, 0) is 121 Å². The van der Waals surface area contributed by atoms with Gasteiger partial charge in [-0.25, -0.2) is 4.79 Å². The number of fused-ring (bicyclic) bond motifs is 2. The molecule has 2 atom stereocenters. The highest BCUT2D eigenvalue weighted by molar-refractivity contribution is 14.1. The lowest BCUT2D eigenvalue weighted by Crippen LogP contribution is -2.41. The van der Waals surface area contributed by atoms with Gasteiger partial charge in [0.25, 0.3) is 20.2 Å². The molecular formula is C37H45I2N2O8S2+. The first-order valence-corrected chi connectivity index (χ1v) is 21.9. The van der Waals surface area contributed by atoms with Crippen LogP contribution in [0.5, 0.6) is 0 Å². The van der Waals surface area contributed by atoms with Crippen LogP contribution in [0.1, 0.15) is 77.3 Å². The Morgan fingerprint density at radius 1 is 0.961 bits per heavy atom. The third kappa shape index (κ3) is 9.23. The fourth-order valence-corrected chi connectivity index (χ4v) is 10.7. The molecule has 51 heavy (non-hydrogen) atoms. The van der Waals surface area contributed by atoms with Crippen LogP contribution in [0.15, 0.2) is 83.5 Å². The summed E-state index contributed by atoms with van der Waals surface area (Å²) in [5.41, 5.74) is 4.13. The Labute approximate surface area is 328 Å². The predicted octanol–water partition coefficient (Wildman–Crippen LogP) is 8.18. The number of rotatable bonds is 15. The standard InChI is InChI=1S/C37H44I2N2O8S2/c1-6-7-15-30(35(42)43)41-29-19-18-26(51(47,48)49)24-27(29)37(4,20-13-14-21-50(44,45)46)33(41)17-12-10-8-9-11-16-32-36(2,3)34-28(39)22-25(38)23-31(34)40(32)5/h8-12,16-19,22-24,30H,6-7,13-15,20-21H2,1-5H3,(H2-,42,43,44,45,46,47,48,49)/p+1. The van der Waals surface area contributed by atoms with Crippen molar-refractivity contribution in [2.75, 3.05) is 17.7 Å². The topological polar surface area (TPSA) is 152 Å². The second kappa shape index (κ2) is 16.3. The van der Waals surface area contributed by atoms with Gasteiger partial charge >= 0.3 is 5.97 Å². The molecule has 3 N–H and O–H groups in total. The van der Waals surface area contributed by atoms with Gasteiger partial charge in [0.1, 0.15) is 13.1 Å². The van der Waals surface area contributed by atoms with E-state index in [1.807, 2.05) is 44.2 Å². The molecule has 0 aromatic heterocycles. The van der Waals surface area contributed by atoms with Gasteiger partial charge in [-0.3, -0.25) is 9.11 Å². The summed E-state index contributed by atoms with van der Waals surface area (Å²) in [5.74, 6) is -1.47. The molecule has 2 unspecified atom stereocenters. The summed E-state index contributed by atoms with van der Waals surface area (Å²) in [6.45, 7) is 8.27. The number of unbranched alkanes of at least 4 members (excludes halogenated alkanes) is 2. The molecule has 0 radical (unpaired) electrons. The minimum atomic E-state index is -4.57. The minimum Gasteiger partial charge on any atom is -0.480 e. The van der Waals surface area contributed by atoms with E-state index in [1.165, 1.54) is 36.6 Å². The van der Waals surface area contributed by atoms with E-state index in [-0.39, 0.29) is 16.7 Å². The number of anilines is 1. The largest absolute Gasteiger partial charge is 0.480 e. The molecule has 0 aliphatic carbocycles. The third-order valence-electron chi connectivity index (χ3n) is 9.68. The molecule has 0 saturated heterocycles. The Hall–Kier alpha value is -2.38. The molecule has 0 bridgehead atoms. The second-order valence-electron chi connectivity index (χ2n) is 13.6. The van der Waals surface area contributed by atoms with Crippen molar-refractivity contribution in [2.24, 2.45) is 0 Å². The highest BCUT2D eigenvalue weighted by Gasteiger charge is 2.47. The van der Waals surface area contributed by atoms with Crippen molar-refractivity contribution >= 4 is 88.5 Å². The Morgan fingerprint density at radius 3 is 2.25 bits per heavy atom. The maximum Gasteiger partial charge on any atom is 0.326 e. The van der Waals surface area contributed by atoms with Gasteiger partial charge in [-0.15, -0.1) is 0 Å². The first-order chi connectivity index (χ1) is 23.7. The molecule has 0 spiro atoms. The van der Waals surface area contributed by atoms with Crippen molar-refractivity contribution in [1.82, 2.24) is 0 Å². The highest BCUT2D eigenvalue weighted by Crippen LogP contribution is 2.52. The number of aliphatic carboxylic acids is 1. The average molecular weight is 964 g/mol. The van der Waals surface area contributed by atoms with Crippen molar-refractivity contribution in [2.45, 2.75) is 88.0 Å². The first-order valence-electron chi connectivity index (χ1n) is 16.7. The van der Waals surface area contributed by atoms with Crippen LogP contribution >= 0.6 is 45.2 Å². The van der Waals surface area contributed by atoms with Crippen LogP contribution in [0.4, 0.5) is 11.4 Å². The molecule has 0 saturated carbocycles. The van der Waals surface area contributed by atoms with Crippen LogP contribution in [0.25, 0.3) is 0 Å². The molecule has 2 aromatic rings. The predicted molar refractivity (Wildman–Crippen MR) is 219 cm³/mol. The fraction of sp³-hybridized carbons (Fsp3) is 0.405. The van der Waals surface area contributed by atoms with E-state index in [0.717, 1.165) is 12.1 Å². The van der Waals surface area contributed by atoms with Crippen molar-refractivity contribution in [3.05, 3.63) is 96.8 Å². The van der Waals surface area contributed by atoms with Gasteiger partial charge in [-0.2, -0.15) is 21.4 Å². The third-order valence-corrected chi connectivity index (χ3v) is 12.8. The minimum absolute atomic E-state index is 0.145. The van der Waals surface area contributed by atoms with E-state index < -0.39 is 43.4 Å². The number of hydrogen-bond acceptors (Lipinski definition) is 6. The number of hydrogen-bond donors (Lipinski definition) is 3. The molecular weight excluding hydrogens is 918 g/mol. The normalized spacial score (nSPS) is 20.3. The van der Waals surface area contributed by atoms with Crippen LogP contribution in [0.3, 0.4) is 0 Å². The van der Waals surface area contributed by atoms with Crippen molar-refractivity contribution in [1.29, 1.82) is 0 Å². The van der Waals surface area contributed by atoms with Gasteiger partial charge < -0.3 is 10.0 Å². The highest BCUT2D eigenvalue weighted by atomic mass is 127. The number of carboxylic acids is 1. The Kier molecular flexibility index (Phi) is 13.2. The smallest absolute Gasteiger partial charge is 0.326 e. The zero-order valence-corrected chi connectivity index (χ0v) is 35.3. The molecule has 4 rings (SSSR count). The van der Waals surface area contributed by atoms with E-state index >= 15 is 0 Å². The van der Waals surface area contributed by atoms with Crippen LogP contribution in [-0.2, 0) is 35.9 Å². The summed E-state index contributed by atoms with van der Waals surface area (Å²) in [6, 6.07) is 7.57. The Morgan fingerprint density at radius 2 is 1.63 bits per heavy atom. The molecule has 2 heterocycles. The SMILES string of the molecule is CCCCC(C(=O)O)N1\C(=C/C=C/C=C/C=C/C2=[N+](C)c3cc(I)cc(I)c3C2(C)C)C(C)(CCCCS(=O)(=O)O)c2cc(S(=O)(=O)O)ccc21. The lowest BCUT2D eigenvalue weighted by molar-refractivity contribution is -0.401. The summed E-state index contributed by atoms with van der Waals surface area (Å²) in [6.07, 6.45) is 15.9. The molecule has 276 valence electrons. The Balaban J connectivity index is 1.72. The molecule has 14 heteroatoms. The zero-order valence-electron chi connectivity index (χ0n) is 29.3. The van der Waals surface area contributed by atoms with Crippen LogP contribution in [-0.4, -0.2) is 66.1 Å². The average Bonchev–Trinajstić information content (AvgIpc) is 3.37. The fourth-order valence-electron chi connectivity index (χ4n) is 7.17. The molecule has 2 aliphatic rings. The number of carboxylic acid groups (broad SMARTS) is 1. The Bertz CT molecular complexity index is 2070. The summed E-state index contributed by atoms with van der Waals surface area (Å²) in [4.78, 5) is 14.2. The van der Waals surface area contributed by atoms with Gasteiger partial charge in [0.05, 0.1) is 21.6 Å². The van der Waals surface area contributed by atoms with Crippen molar-refractivity contribution in [3.8, 4) is 0 Å². The zero-order chi connectivity index (χ0) is 37.9. The number of benzene rings is 2. The molecule has 0 fully saturated rings. The van der Waals surface area contributed by atoms with Crippen LogP contribution < -0.4 is 4.90 Å². The lowest BCUT2D eigenvalue weighted by atomic mass is 9.77. The summed E-state index contributed by atoms with van der Waals surface area (Å²) >= 11 is 4.74. The monoisotopic (exact) mass is 963 g/mol. The number of nitrogens with zero attached hydrogens (tertiary/aromatic N) is 2. The van der Waals surface area contributed by atoms with Gasteiger partial charge in [0.15, 0.2) is 5.71 Å². The van der Waals surface area contributed by atoms with Gasteiger partial charge in [0, 0.05) is 36.1 Å². The van der Waals surface area contributed by atoms with Gasteiger partial charge in [-0.1, -0.05) is 56.6 Å². The maximum atomic E-state index is 12.7. The summed E-state index contributed by atoms with van der Waals surface area (Å²) in [7, 11) is -6.69. The summed E-state index contributed by atoms with van der Waals surface area (Å²) in [5, 5.41) is 10.4. The number of allylic oxidation sites excluding steroid dienone is 8. The van der Waals surface area contributed by atoms with E-state index in [1.54, 1.807) is 11.0 Å². The van der Waals surface area contributed by atoms with Gasteiger partial charge in [0.2, 0.25) is 5.69 Å². The molecule has 0 amide bonds.